The standard InChI is InChI=1S/C32H38N4/c1-3-5-7-13-22-35-29-20-11-9-18-27(29)33-31(35)25-16-15-17-26(24-25)32-34-28-19-10-12-21-30(28)36(32)23-14-8-6-4-2/h9-12,15-21,24H,3-8,13-14,22-23H2,1-2H3. The summed E-state index contributed by atoms with van der Waals surface area (Å²) in [5, 5.41) is 0. The summed E-state index contributed by atoms with van der Waals surface area (Å²) in [6.45, 7) is 6.52. The minimum Gasteiger partial charge on any atom is -0.324 e. The SMILES string of the molecule is CCCCCCn1c(-c2cccc(-c3nc4ccccc4n3CCCCCC)c2)nc2ccccc21. The molecular weight excluding hydrogens is 440 g/mol. The van der Waals surface area contributed by atoms with Gasteiger partial charge in [-0.2, -0.15) is 0 Å². The fourth-order valence-electron chi connectivity index (χ4n) is 5.24. The van der Waals surface area contributed by atoms with Gasteiger partial charge >= 0.3 is 0 Å². The third-order valence-electron chi connectivity index (χ3n) is 7.16. The molecule has 4 nitrogen and oxygen atoms in total. The molecule has 36 heavy (non-hydrogen) atoms. The van der Waals surface area contributed by atoms with Crippen molar-refractivity contribution in [3.8, 4) is 22.8 Å². The first kappa shape index (κ1) is 24.3. The summed E-state index contributed by atoms with van der Waals surface area (Å²) in [5.74, 6) is 2.11. The topological polar surface area (TPSA) is 35.6 Å². The van der Waals surface area contributed by atoms with Crippen molar-refractivity contribution < 1.29 is 0 Å². The van der Waals surface area contributed by atoms with E-state index in [2.05, 4.69) is 95.8 Å². The van der Waals surface area contributed by atoms with E-state index in [-0.39, 0.29) is 0 Å². The van der Waals surface area contributed by atoms with Crippen LogP contribution in [0.3, 0.4) is 0 Å². The summed E-state index contributed by atoms with van der Waals surface area (Å²) in [6, 6.07) is 25.9. The molecule has 2 heterocycles. The Labute approximate surface area is 215 Å². The van der Waals surface area contributed by atoms with E-state index < -0.39 is 0 Å². The molecular formula is C32H38N4. The number of benzene rings is 3. The number of hydrogen-bond donors (Lipinski definition) is 0. The lowest BCUT2D eigenvalue weighted by Crippen LogP contribution is -2.02. The van der Waals surface area contributed by atoms with Crippen LogP contribution >= 0.6 is 0 Å². The van der Waals surface area contributed by atoms with Gasteiger partial charge in [-0.1, -0.05) is 94.8 Å². The van der Waals surface area contributed by atoms with E-state index in [0.29, 0.717) is 0 Å². The van der Waals surface area contributed by atoms with Gasteiger partial charge in [0.1, 0.15) is 11.6 Å². The maximum atomic E-state index is 5.09. The Morgan fingerprint density at radius 2 is 1.00 bits per heavy atom. The van der Waals surface area contributed by atoms with Crippen molar-refractivity contribution in [2.45, 2.75) is 78.3 Å². The lowest BCUT2D eigenvalue weighted by atomic mass is 10.1. The summed E-state index contributed by atoms with van der Waals surface area (Å²) in [6.07, 6.45) is 9.92. The minimum atomic E-state index is 0.996. The quantitative estimate of drug-likeness (QED) is 0.168. The number of fused-ring (bicyclic) bond motifs is 2. The summed E-state index contributed by atoms with van der Waals surface area (Å²) >= 11 is 0. The first-order valence-electron chi connectivity index (χ1n) is 13.8. The largest absolute Gasteiger partial charge is 0.324 e. The number of rotatable bonds is 12. The molecule has 0 fully saturated rings. The molecule has 0 aliphatic heterocycles. The molecule has 5 rings (SSSR count). The fourth-order valence-corrected chi connectivity index (χ4v) is 5.24. The van der Waals surface area contributed by atoms with E-state index in [9.17, 15) is 0 Å². The van der Waals surface area contributed by atoms with Gasteiger partial charge in [0.25, 0.3) is 0 Å². The Bertz CT molecular complexity index is 1320. The van der Waals surface area contributed by atoms with Crippen molar-refractivity contribution in [1.29, 1.82) is 0 Å². The smallest absolute Gasteiger partial charge is 0.141 e. The van der Waals surface area contributed by atoms with Crippen LogP contribution in [0.25, 0.3) is 44.8 Å². The molecule has 4 heteroatoms. The van der Waals surface area contributed by atoms with Gasteiger partial charge in [0.15, 0.2) is 0 Å². The normalized spacial score (nSPS) is 11.6. The molecule has 0 radical (unpaired) electrons. The average Bonchev–Trinajstić information content (AvgIpc) is 3.48. The summed E-state index contributed by atoms with van der Waals surface area (Å²) in [5.41, 5.74) is 6.89. The zero-order valence-corrected chi connectivity index (χ0v) is 21.8. The Hall–Kier alpha value is -3.40. The highest BCUT2D eigenvalue weighted by Gasteiger charge is 2.16. The first-order valence-corrected chi connectivity index (χ1v) is 13.8. The molecule has 0 saturated heterocycles. The van der Waals surface area contributed by atoms with Crippen LogP contribution < -0.4 is 0 Å². The van der Waals surface area contributed by atoms with E-state index >= 15 is 0 Å². The number of unbranched alkanes of at least 4 members (excludes halogenated alkanes) is 6. The minimum absolute atomic E-state index is 0.996. The molecule has 0 N–H and O–H groups in total. The van der Waals surface area contributed by atoms with Gasteiger partial charge in [-0.15, -0.1) is 0 Å². The zero-order valence-electron chi connectivity index (χ0n) is 21.8. The predicted octanol–water partition coefficient (Wildman–Crippen LogP) is 8.88. The second-order valence-electron chi connectivity index (χ2n) is 9.85. The van der Waals surface area contributed by atoms with E-state index in [1.807, 2.05) is 0 Å². The Morgan fingerprint density at radius 3 is 1.47 bits per heavy atom. The maximum Gasteiger partial charge on any atom is 0.141 e. The second kappa shape index (κ2) is 11.6. The highest BCUT2D eigenvalue weighted by Crippen LogP contribution is 2.31. The van der Waals surface area contributed by atoms with Crippen molar-refractivity contribution in [3.63, 3.8) is 0 Å². The Balaban J connectivity index is 1.54. The van der Waals surface area contributed by atoms with Crippen LogP contribution in [0.2, 0.25) is 0 Å². The van der Waals surface area contributed by atoms with Crippen molar-refractivity contribution in [1.82, 2.24) is 19.1 Å². The van der Waals surface area contributed by atoms with Gasteiger partial charge in [-0.05, 0) is 43.2 Å². The van der Waals surface area contributed by atoms with E-state index in [0.717, 1.165) is 46.9 Å². The molecule has 0 spiro atoms. The predicted molar refractivity (Wildman–Crippen MR) is 152 cm³/mol. The highest BCUT2D eigenvalue weighted by molar-refractivity contribution is 5.83. The first-order chi connectivity index (χ1) is 17.8. The zero-order chi connectivity index (χ0) is 24.7. The Kier molecular flexibility index (Phi) is 7.80. The van der Waals surface area contributed by atoms with Crippen LogP contribution in [0, 0.1) is 0 Å². The van der Waals surface area contributed by atoms with Crippen molar-refractivity contribution in [2.24, 2.45) is 0 Å². The van der Waals surface area contributed by atoms with Crippen molar-refractivity contribution in [2.75, 3.05) is 0 Å². The monoisotopic (exact) mass is 478 g/mol. The average molecular weight is 479 g/mol. The third-order valence-corrected chi connectivity index (χ3v) is 7.16. The number of hydrogen-bond acceptors (Lipinski definition) is 2. The number of aromatic nitrogens is 4. The molecule has 3 aromatic carbocycles. The van der Waals surface area contributed by atoms with Gasteiger partial charge in [0.2, 0.25) is 0 Å². The number of para-hydroxylation sites is 4. The third kappa shape index (κ3) is 5.09. The molecule has 0 atom stereocenters. The molecule has 2 aromatic heterocycles. The molecule has 186 valence electrons. The van der Waals surface area contributed by atoms with Gasteiger partial charge in [-0.3, -0.25) is 0 Å². The summed E-state index contributed by atoms with van der Waals surface area (Å²) in [4.78, 5) is 10.2. The van der Waals surface area contributed by atoms with Gasteiger partial charge in [0.05, 0.1) is 22.1 Å². The molecule has 0 unspecified atom stereocenters. The maximum absolute atomic E-state index is 5.09. The summed E-state index contributed by atoms with van der Waals surface area (Å²) in [7, 11) is 0. The summed E-state index contributed by atoms with van der Waals surface area (Å²) < 4.78 is 4.83. The number of aryl methyl sites for hydroxylation is 2. The van der Waals surface area contributed by atoms with Crippen LogP contribution in [0.15, 0.2) is 72.8 Å². The second-order valence-corrected chi connectivity index (χ2v) is 9.85. The highest BCUT2D eigenvalue weighted by atomic mass is 15.1. The molecule has 0 aliphatic carbocycles. The molecule has 5 aromatic rings. The van der Waals surface area contributed by atoms with Gasteiger partial charge in [0, 0.05) is 24.2 Å². The van der Waals surface area contributed by atoms with E-state index in [1.54, 1.807) is 0 Å². The van der Waals surface area contributed by atoms with Crippen molar-refractivity contribution in [3.05, 3.63) is 72.8 Å². The fraction of sp³-hybridized carbons (Fsp3) is 0.375. The van der Waals surface area contributed by atoms with Crippen molar-refractivity contribution >= 4 is 22.1 Å². The number of imidazole rings is 2. The molecule has 0 amide bonds. The molecule has 0 saturated carbocycles. The number of nitrogens with zero attached hydrogens (tertiary/aromatic N) is 4. The van der Waals surface area contributed by atoms with Crippen LogP contribution in [-0.2, 0) is 13.1 Å². The van der Waals surface area contributed by atoms with Gasteiger partial charge < -0.3 is 9.13 Å². The lowest BCUT2D eigenvalue weighted by molar-refractivity contribution is 0.594. The lowest BCUT2D eigenvalue weighted by Gasteiger charge is -2.12. The van der Waals surface area contributed by atoms with E-state index in [1.165, 1.54) is 62.4 Å². The Morgan fingerprint density at radius 1 is 0.528 bits per heavy atom. The molecule has 0 aliphatic rings. The van der Waals surface area contributed by atoms with Gasteiger partial charge in [-0.25, -0.2) is 9.97 Å². The van der Waals surface area contributed by atoms with Crippen LogP contribution in [-0.4, -0.2) is 19.1 Å². The molecule has 0 bridgehead atoms. The van der Waals surface area contributed by atoms with Crippen LogP contribution in [0.4, 0.5) is 0 Å². The van der Waals surface area contributed by atoms with Crippen LogP contribution in [0.1, 0.15) is 65.2 Å². The van der Waals surface area contributed by atoms with Crippen LogP contribution in [0.5, 0.6) is 0 Å². The van der Waals surface area contributed by atoms with E-state index in [4.69, 9.17) is 9.97 Å².